The summed E-state index contributed by atoms with van der Waals surface area (Å²) in [5.74, 6) is 0.606. The zero-order valence-electron chi connectivity index (χ0n) is 8.42. The third-order valence-corrected chi connectivity index (χ3v) is 1.85. The Balaban J connectivity index is 2.30. The number of pyridine rings is 1. The van der Waals surface area contributed by atoms with Gasteiger partial charge in [-0.25, -0.2) is 15.0 Å². The molecule has 2 heterocycles. The third-order valence-electron chi connectivity index (χ3n) is 1.85. The summed E-state index contributed by atoms with van der Waals surface area (Å²) in [6, 6.07) is 3.79. The van der Waals surface area contributed by atoms with Crippen LogP contribution in [0, 0.1) is 0 Å². The molecule has 0 saturated heterocycles. The molecule has 0 N–H and O–H groups in total. The number of rotatable bonds is 3. The van der Waals surface area contributed by atoms with E-state index in [1.165, 1.54) is 0 Å². The molecule has 4 nitrogen and oxygen atoms in total. The second-order valence-electron chi connectivity index (χ2n) is 2.90. The van der Waals surface area contributed by atoms with Crippen LogP contribution in [0.5, 0.6) is 0 Å². The fraction of sp³-hybridized carbons (Fsp3) is 0.182. The average molecular weight is 201 g/mol. The quantitative estimate of drug-likeness (QED) is 0.713. The van der Waals surface area contributed by atoms with E-state index in [1.807, 2.05) is 19.1 Å². The first-order chi connectivity index (χ1) is 7.40. The second-order valence-corrected chi connectivity index (χ2v) is 2.90. The van der Waals surface area contributed by atoms with Gasteiger partial charge in [-0.05, 0) is 19.1 Å². The molecule has 0 spiro atoms. The maximum absolute atomic E-state index is 5.07. The molecule has 0 amide bonds. The number of ether oxygens (including phenoxy) is 1. The van der Waals surface area contributed by atoms with Crippen molar-refractivity contribution in [2.45, 2.75) is 6.92 Å². The van der Waals surface area contributed by atoms with Crippen molar-refractivity contribution < 1.29 is 4.74 Å². The smallest absolute Gasteiger partial charge is 0.163 e. The predicted molar refractivity (Wildman–Crippen MR) is 58.0 cm³/mol. The minimum atomic E-state index is 0.606. The van der Waals surface area contributed by atoms with Crippen molar-refractivity contribution >= 4 is 17.1 Å². The Morgan fingerprint density at radius 1 is 1.40 bits per heavy atom. The zero-order valence-corrected chi connectivity index (χ0v) is 8.42. The van der Waals surface area contributed by atoms with Gasteiger partial charge in [0.15, 0.2) is 11.5 Å². The lowest BCUT2D eigenvalue weighted by atomic mass is 10.3. The Morgan fingerprint density at radius 2 is 2.33 bits per heavy atom. The molecule has 0 atom stereocenters. The van der Waals surface area contributed by atoms with Crippen LogP contribution < -0.4 is 0 Å². The highest BCUT2D eigenvalue weighted by Crippen LogP contribution is 2.06. The van der Waals surface area contributed by atoms with Gasteiger partial charge in [0.25, 0.3) is 0 Å². The monoisotopic (exact) mass is 201 g/mol. The molecule has 4 heteroatoms. The maximum Gasteiger partial charge on any atom is 0.163 e. The van der Waals surface area contributed by atoms with Gasteiger partial charge in [0.05, 0.1) is 12.9 Å². The molecule has 0 aliphatic carbocycles. The zero-order chi connectivity index (χ0) is 10.5. The van der Waals surface area contributed by atoms with E-state index in [-0.39, 0.29) is 0 Å². The Hall–Kier alpha value is -1.97. The molecule has 2 rings (SSSR count). The summed E-state index contributed by atoms with van der Waals surface area (Å²) >= 11 is 0. The SMILES string of the molecule is CCOC=Cc1ncc2cccnc2n1. The highest BCUT2D eigenvalue weighted by Gasteiger charge is 1.96. The van der Waals surface area contributed by atoms with Crippen LogP contribution in [0.15, 0.2) is 30.8 Å². The number of aromatic nitrogens is 3. The Morgan fingerprint density at radius 3 is 3.20 bits per heavy atom. The summed E-state index contributed by atoms with van der Waals surface area (Å²) in [6.07, 6.45) is 6.77. The van der Waals surface area contributed by atoms with Crippen molar-refractivity contribution in [3.63, 3.8) is 0 Å². The van der Waals surface area contributed by atoms with Crippen LogP contribution in [0.1, 0.15) is 12.7 Å². The van der Waals surface area contributed by atoms with Crippen LogP contribution in [0.25, 0.3) is 17.1 Å². The minimum Gasteiger partial charge on any atom is -0.501 e. The van der Waals surface area contributed by atoms with E-state index in [4.69, 9.17) is 4.74 Å². The van der Waals surface area contributed by atoms with Gasteiger partial charge >= 0.3 is 0 Å². The van der Waals surface area contributed by atoms with Crippen molar-refractivity contribution in [1.29, 1.82) is 0 Å². The lowest BCUT2D eigenvalue weighted by molar-refractivity contribution is 0.272. The first-order valence-corrected chi connectivity index (χ1v) is 4.76. The first kappa shape index (κ1) is 9.58. The Labute approximate surface area is 87.7 Å². The predicted octanol–water partition coefficient (Wildman–Crippen LogP) is 2.03. The molecule has 0 radical (unpaired) electrons. The Bertz CT molecular complexity index is 482. The van der Waals surface area contributed by atoms with Crippen LogP contribution in [0.2, 0.25) is 0 Å². The lowest BCUT2D eigenvalue weighted by Crippen LogP contribution is -1.90. The fourth-order valence-electron chi connectivity index (χ4n) is 1.16. The molecule has 0 aliphatic heterocycles. The minimum absolute atomic E-state index is 0.606. The van der Waals surface area contributed by atoms with E-state index in [0.29, 0.717) is 18.1 Å². The summed E-state index contributed by atoms with van der Waals surface area (Å²) in [4.78, 5) is 12.6. The van der Waals surface area contributed by atoms with E-state index in [1.54, 1.807) is 24.7 Å². The molecule has 0 bridgehead atoms. The summed E-state index contributed by atoms with van der Waals surface area (Å²) < 4.78 is 5.07. The highest BCUT2D eigenvalue weighted by atomic mass is 16.5. The normalized spacial score (nSPS) is 11.0. The van der Waals surface area contributed by atoms with Crippen LogP contribution in [0.4, 0.5) is 0 Å². The highest BCUT2D eigenvalue weighted by molar-refractivity contribution is 5.73. The molecular weight excluding hydrogens is 190 g/mol. The van der Waals surface area contributed by atoms with Crippen molar-refractivity contribution in [2.24, 2.45) is 0 Å². The number of nitrogens with zero attached hydrogens (tertiary/aromatic N) is 3. The van der Waals surface area contributed by atoms with Gasteiger partial charge in [0.1, 0.15) is 0 Å². The van der Waals surface area contributed by atoms with Crippen molar-refractivity contribution in [3.8, 4) is 0 Å². The van der Waals surface area contributed by atoms with E-state index in [9.17, 15) is 0 Å². The largest absolute Gasteiger partial charge is 0.501 e. The van der Waals surface area contributed by atoms with E-state index < -0.39 is 0 Å². The first-order valence-electron chi connectivity index (χ1n) is 4.76. The van der Waals surface area contributed by atoms with Crippen LogP contribution in [0.3, 0.4) is 0 Å². The summed E-state index contributed by atoms with van der Waals surface area (Å²) in [7, 11) is 0. The summed E-state index contributed by atoms with van der Waals surface area (Å²) in [5.41, 5.74) is 0.698. The van der Waals surface area contributed by atoms with E-state index in [0.717, 1.165) is 5.39 Å². The number of fused-ring (bicyclic) bond motifs is 1. The molecule has 0 aliphatic rings. The van der Waals surface area contributed by atoms with Crippen LogP contribution in [-0.4, -0.2) is 21.6 Å². The van der Waals surface area contributed by atoms with Crippen molar-refractivity contribution in [1.82, 2.24) is 15.0 Å². The molecule has 0 aromatic carbocycles. The number of hydrogen-bond acceptors (Lipinski definition) is 4. The lowest BCUT2D eigenvalue weighted by Gasteiger charge is -1.96. The molecule has 2 aromatic rings. The van der Waals surface area contributed by atoms with Gasteiger partial charge in [-0.3, -0.25) is 0 Å². The summed E-state index contributed by atoms with van der Waals surface area (Å²) in [6.45, 7) is 2.56. The molecule has 0 saturated carbocycles. The topological polar surface area (TPSA) is 47.9 Å². The fourth-order valence-corrected chi connectivity index (χ4v) is 1.16. The maximum atomic E-state index is 5.07. The summed E-state index contributed by atoms with van der Waals surface area (Å²) in [5, 5.41) is 0.936. The van der Waals surface area contributed by atoms with Gasteiger partial charge in [0.2, 0.25) is 0 Å². The van der Waals surface area contributed by atoms with Gasteiger partial charge < -0.3 is 4.74 Å². The number of hydrogen-bond donors (Lipinski definition) is 0. The second kappa shape index (κ2) is 4.50. The average Bonchev–Trinajstić information content (AvgIpc) is 2.29. The van der Waals surface area contributed by atoms with Gasteiger partial charge in [0, 0.05) is 23.9 Å². The molecule has 2 aromatic heterocycles. The van der Waals surface area contributed by atoms with E-state index >= 15 is 0 Å². The van der Waals surface area contributed by atoms with Crippen LogP contribution in [-0.2, 0) is 4.74 Å². The Kier molecular flexibility index (Phi) is 2.88. The molecular formula is C11H11N3O. The van der Waals surface area contributed by atoms with Gasteiger partial charge in [-0.1, -0.05) is 0 Å². The molecule has 0 unspecified atom stereocenters. The standard InChI is InChI=1S/C11H11N3O/c1-2-15-7-5-10-13-8-9-4-3-6-12-11(9)14-10/h3-8H,2H2,1H3. The molecule has 76 valence electrons. The van der Waals surface area contributed by atoms with Crippen molar-refractivity contribution in [2.75, 3.05) is 6.61 Å². The van der Waals surface area contributed by atoms with E-state index in [2.05, 4.69) is 15.0 Å². The van der Waals surface area contributed by atoms with Gasteiger partial charge in [-0.15, -0.1) is 0 Å². The van der Waals surface area contributed by atoms with Gasteiger partial charge in [-0.2, -0.15) is 0 Å². The van der Waals surface area contributed by atoms with Crippen LogP contribution >= 0.6 is 0 Å². The van der Waals surface area contributed by atoms with Crippen molar-refractivity contribution in [3.05, 3.63) is 36.6 Å². The third kappa shape index (κ3) is 2.28. The molecule has 0 fully saturated rings. The molecule has 15 heavy (non-hydrogen) atoms.